The molecule has 0 aliphatic carbocycles. The molecule has 0 aliphatic heterocycles. The quantitative estimate of drug-likeness (QED) is 0.511. The molecule has 0 saturated carbocycles. The highest BCUT2D eigenvalue weighted by Gasteiger charge is 2.24. The molecule has 0 fully saturated rings. The second kappa shape index (κ2) is 8.59. The summed E-state index contributed by atoms with van der Waals surface area (Å²) >= 11 is 0. The van der Waals surface area contributed by atoms with Crippen molar-refractivity contribution in [1.82, 2.24) is 0 Å². The Bertz CT molecular complexity index is 289. The molecule has 6 heteroatoms. The minimum atomic E-state index is -1.81. The zero-order valence-electron chi connectivity index (χ0n) is 10.3. The topological polar surface area (TPSA) is 80.6 Å². The van der Waals surface area contributed by atoms with Crippen LogP contribution in [-0.4, -0.2) is 44.8 Å². The Balaban J connectivity index is 0. The van der Waals surface area contributed by atoms with Gasteiger partial charge in [-0.25, -0.2) is 0 Å². The highest BCUT2D eigenvalue weighted by atomic mass is 16.4. The van der Waals surface area contributed by atoms with Gasteiger partial charge in [0.2, 0.25) is 0 Å². The Kier molecular flexibility index (Phi) is 9.01. The molecular formula is C11H21BN4O. The second-order valence-electron chi connectivity index (χ2n) is 3.58. The molecule has 0 atom stereocenters. The van der Waals surface area contributed by atoms with E-state index in [-0.39, 0.29) is 0 Å². The van der Waals surface area contributed by atoms with Gasteiger partial charge >= 0.3 is 0 Å². The highest BCUT2D eigenvalue weighted by Crippen LogP contribution is 2.02. The van der Waals surface area contributed by atoms with Gasteiger partial charge in [-0.15, -0.1) is 0 Å². The van der Waals surface area contributed by atoms with E-state index in [0.29, 0.717) is 0 Å². The molecule has 0 amide bonds. The summed E-state index contributed by atoms with van der Waals surface area (Å²) in [5.74, 6) is 0. The van der Waals surface area contributed by atoms with Crippen molar-refractivity contribution in [3.8, 4) is 18.2 Å². The minimum absolute atomic E-state index is 0.534. The van der Waals surface area contributed by atoms with E-state index in [1.807, 2.05) is 0 Å². The van der Waals surface area contributed by atoms with Gasteiger partial charge < -0.3 is 9.14 Å². The number of nitriles is 3. The molecule has 0 heterocycles. The molecule has 0 radical (unpaired) electrons. The van der Waals surface area contributed by atoms with Crippen LogP contribution in [0.25, 0.3) is 0 Å². The molecule has 0 aromatic carbocycles. The van der Waals surface area contributed by atoms with Crippen molar-refractivity contribution in [3.05, 3.63) is 0 Å². The lowest BCUT2D eigenvalue weighted by molar-refractivity contribution is -0.904. The van der Waals surface area contributed by atoms with Crippen molar-refractivity contribution < 1.29 is 9.14 Å². The minimum Gasteiger partial charge on any atom is -0.563 e. The molecule has 0 unspecified atom stereocenters. The van der Waals surface area contributed by atoms with E-state index >= 15 is 0 Å². The lowest BCUT2D eigenvalue weighted by Crippen LogP contribution is -2.42. The maximum Gasteiger partial charge on any atom is 0.289 e. The van der Waals surface area contributed by atoms with Crippen LogP contribution in [0.1, 0.15) is 20.8 Å². The van der Waals surface area contributed by atoms with Crippen molar-refractivity contribution >= 4 is 8.05 Å². The zero-order chi connectivity index (χ0) is 13.9. The predicted octanol–water partition coefficient (Wildman–Crippen LogP) is 0.0856. The van der Waals surface area contributed by atoms with E-state index in [1.165, 1.54) is 42.3 Å². The SMILES string of the molecule is CC[N+](C)(CC)CC.[BH3-]OC(C#N)(C#N)C#N. The summed E-state index contributed by atoms with van der Waals surface area (Å²) in [4.78, 5) is 0. The van der Waals surface area contributed by atoms with E-state index in [1.54, 1.807) is 0 Å². The molecule has 5 nitrogen and oxygen atoms in total. The Labute approximate surface area is 105 Å². The summed E-state index contributed by atoms with van der Waals surface area (Å²) in [6.07, 6.45) is 0. The summed E-state index contributed by atoms with van der Waals surface area (Å²) < 4.78 is 5.76. The third kappa shape index (κ3) is 5.92. The first-order valence-corrected chi connectivity index (χ1v) is 5.14. The van der Waals surface area contributed by atoms with Gasteiger partial charge in [-0.2, -0.15) is 15.8 Å². The Morgan fingerprint density at radius 3 is 1.29 bits per heavy atom. The smallest absolute Gasteiger partial charge is 0.289 e. The van der Waals surface area contributed by atoms with Gasteiger partial charge in [0.1, 0.15) is 18.2 Å². The average molecular weight is 236 g/mol. The molecule has 0 rings (SSSR count). The van der Waals surface area contributed by atoms with Gasteiger partial charge in [-0.3, -0.25) is 0 Å². The van der Waals surface area contributed by atoms with Gasteiger partial charge in [-0.1, -0.05) is 0 Å². The Morgan fingerprint density at radius 1 is 1.00 bits per heavy atom. The summed E-state index contributed by atoms with van der Waals surface area (Å²) in [7, 11) is 1.76. The van der Waals surface area contributed by atoms with Crippen LogP contribution in [-0.2, 0) is 4.65 Å². The Hall–Kier alpha value is -1.55. The average Bonchev–Trinajstić information content (AvgIpc) is 2.42. The van der Waals surface area contributed by atoms with Crippen LogP contribution in [0.4, 0.5) is 0 Å². The molecule has 0 bridgehead atoms. The van der Waals surface area contributed by atoms with Gasteiger partial charge in [0, 0.05) is 0 Å². The van der Waals surface area contributed by atoms with E-state index < -0.39 is 13.7 Å². The van der Waals surface area contributed by atoms with Gasteiger partial charge in [0.05, 0.1) is 34.7 Å². The number of quaternary nitrogens is 1. The van der Waals surface area contributed by atoms with E-state index in [9.17, 15) is 0 Å². The molecule has 94 valence electrons. The van der Waals surface area contributed by atoms with Gasteiger partial charge in [-0.05, 0) is 20.8 Å². The maximum atomic E-state index is 8.20. The summed E-state index contributed by atoms with van der Waals surface area (Å²) in [6, 6.07) is 4.45. The molecule has 0 N–H and O–H groups in total. The largest absolute Gasteiger partial charge is 0.563 e. The molecule has 17 heavy (non-hydrogen) atoms. The molecule has 0 aromatic heterocycles. The van der Waals surface area contributed by atoms with E-state index in [4.69, 9.17) is 15.8 Å². The molecule has 0 aliphatic rings. The van der Waals surface area contributed by atoms with Crippen LogP contribution in [0.5, 0.6) is 0 Å². The maximum absolute atomic E-state index is 8.20. The third-order valence-corrected chi connectivity index (χ3v) is 2.76. The van der Waals surface area contributed by atoms with Crippen molar-refractivity contribution in [2.24, 2.45) is 0 Å². The first-order chi connectivity index (χ1) is 7.92. The second-order valence-corrected chi connectivity index (χ2v) is 3.58. The molecule has 0 spiro atoms. The van der Waals surface area contributed by atoms with Crippen LogP contribution < -0.4 is 0 Å². The Morgan fingerprint density at radius 2 is 1.29 bits per heavy atom. The standard InChI is InChI=1S/C7H18N.C4H3BN3O/c1-5-8(4,6-2)7-3;5-9-4(1-6,2-7)3-8/h5-7H2,1-4H3;5H3/q+1;-1. The summed E-state index contributed by atoms with van der Waals surface area (Å²) in [5.41, 5.74) is -1.81. The van der Waals surface area contributed by atoms with Crippen molar-refractivity contribution in [2.75, 3.05) is 26.7 Å². The highest BCUT2D eigenvalue weighted by molar-refractivity contribution is 5.99. The number of nitrogens with zero attached hydrogens (tertiary/aromatic N) is 4. The van der Waals surface area contributed by atoms with E-state index in [0.717, 1.165) is 0 Å². The van der Waals surface area contributed by atoms with Crippen LogP contribution >= 0.6 is 0 Å². The fourth-order valence-electron chi connectivity index (χ4n) is 0.746. The number of rotatable bonds is 4. The fourth-order valence-corrected chi connectivity index (χ4v) is 0.746. The van der Waals surface area contributed by atoms with E-state index in [2.05, 4.69) is 32.5 Å². The van der Waals surface area contributed by atoms with Crippen molar-refractivity contribution in [2.45, 2.75) is 26.4 Å². The molecular weight excluding hydrogens is 215 g/mol. The molecule has 0 saturated heterocycles. The zero-order valence-corrected chi connectivity index (χ0v) is 10.3. The lowest BCUT2D eigenvalue weighted by atomic mass is 10.1. The van der Waals surface area contributed by atoms with Crippen LogP contribution in [0.15, 0.2) is 0 Å². The summed E-state index contributed by atoms with van der Waals surface area (Å²) in [6.45, 7) is 10.5. The monoisotopic (exact) mass is 236 g/mol. The first kappa shape index (κ1) is 17.8. The normalized spacial score (nSPS) is 10.2. The number of hydrogen-bond donors (Lipinski definition) is 0. The number of hydrogen-bond acceptors (Lipinski definition) is 4. The van der Waals surface area contributed by atoms with Crippen LogP contribution in [0.2, 0.25) is 0 Å². The van der Waals surface area contributed by atoms with Gasteiger partial charge in [0.25, 0.3) is 5.60 Å². The lowest BCUT2D eigenvalue weighted by Gasteiger charge is -2.30. The molecule has 0 aromatic rings. The summed E-state index contributed by atoms with van der Waals surface area (Å²) in [5, 5.41) is 24.6. The predicted molar refractivity (Wildman–Crippen MR) is 68.4 cm³/mol. The van der Waals surface area contributed by atoms with Crippen LogP contribution in [0.3, 0.4) is 0 Å². The van der Waals surface area contributed by atoms with Crippen LogP contribution in [0, 0.1) is 34.0 Å². The van der Waals surface area contributed by atoms with Crippen molar-refractivity contribution in [1.29, 1.82) is 15.8 Å². The third-order valence-electron chi connectivity index (χ3n) is 2.76. The fraction of sp³-hybridized carbons (Fsp3) is 0.727. The van der Waals surface area contributed by atoms with Crippen molar-refractivity contribution in [3.63, 3.8) is 0 Å². The first-order valence-electron chi connectivity index (χ1n) is 5.14. The van der Waals surface area contributed by atoms with Gasteiger partial charge in [0.15, 0.2) is 0 Å².